The standard InChI is InChI=1S/C16H19F3N2O4/c1-2-24-15(23)21-8-6-20(7-9-21)14(22)11-25-13-5-3-4-12(10-13)16(17,18)19/h3-5,10H,2,6-9,11H2,1H3. The van der Waals surface area contributed by atoms with Gasteiger partial charge in [0.1, 0.15) is 5.75 Å². The first-order valence-corrected chi connectivity index (χ1v) is 7.80. The molecule has 0 N–H and O–H groups in total. The third-order valence-electron chi connectivity index (χ3n) is 3.68. The number of benzene rings is 1. The molecule has 0 atom stereocenters. The summed E-state index contributed by atoms with van der Waals surface area (Å²) in [6.07, 6.45) is -4.89. The first-order valence-electron chi connectivity index (χ1n) is 7.80. The second-order valence-corrected chi connectivity index (χ2v) is 5.38. The van der Waals surface area contributed by atoms with Crippen molar-refractivity contribution in [1.29, 1.82) is 0 Å². The maximum absolute atomic E-state index is 12.6. The maximum Gasteiger partial charge on any atom is 0.416 e. The Labute approximate surface area is 143 Å². The van der Waals surface area contributed by atoms with E-state index in [4.69, 9.17) is 9.47 Å². The Morgan fingerprint density at radius 3 is 2.36 bits per heavy atom. The van der Waals surface area contributed by atoms with E-state index in [0.29, 0.717) is 26.2 Å². The summed E-state index contributed by atoms with van der Waals surface area (Å²) in [5, 5.41) is 0. The number of alkyl halides is 3. The van der Waals surface area contributed by atoms with Gasteiger partial charge >= 0.3 is 12.3 Å². The highest BCUT2D eigenvalue weighted by Gasteiger charge is 2.31. The highest BCUT2D eigenvalue weighted by atomic mass is 19.4. The lowest BCUT2D eigenvalue weighted by Crippen LogP contribution is -2.51. The van der Waals surface area contributed by atoms with Crippen LogP contribution in [0.2, 0.25) is 0 Å². The molecule has 0 spiro atoms. The topological polar surface area (TPSA) is 59.1 Å². The summed E-state index contributed by atoms with van der Waals surface area (Å²) >= 11 is 0. The number of halogens is 3. The molecule has 0 bridgehead atoms. The van der Waals surface area contributed by atoms with Crippen LogP contribution in [-0.4, -0.2) is 61.2 Å². The van der Waals surface area contributed by atoms with E-state index in [1.807, 2.05) is 0 Å². The van der Waals surface area contributed by atoms with Crippen LogP contribution in [0.3, 0.4) is 0 Å². The van der Waals surface area contributed by atoms with Crippen LogP contribution in [0.4, 0.5) is 18.0 Å². The van der Waals surface area contributed by atoms with Gasteiger partial charge < -0.3 is 19.3 Å². The smallest absolute Gasteiger partial charge is 0.416 e. The maximum atomic E-state index is 12.6. The predicted octanol–water partition coefficient (Wildman–Crippen LogP) is 2.38. The Kier molecular flexibility index (Phi) is 6.11. The summed E-state index contributed by atoms with van der Waals surface area (Å²) in [5.41, 5.74) is -0.833. The summed E-state index contributed by atoms with van der Waals surface area (Å²) in [6, 6.07) is 4.37. The monoisotopic (exact) mass is 360 g/mol. The number of ether oxygens (including phenoxy) is 2. The second kappa shape index (κ2) is 8.09. The minimum Gasteiger partial charge on any atom is -0.484 e. The molecular weight excluding hydrogens is 341 g/mol. The summed E-state index contributed by atoms with van der Waals surface area (Å²) in [6.45, 7) is 2.96. The lowest BCUT2D eigenvalue weighted by molar-refractivity contribution is -0.137. The van der Waals surface area contributed by atoms with Crippen LogP contribution in [0, 0.1) is 0 Å². The van der Waals surface area contributed by atoms with E-state index in [9.17, 15) is 22.8 Å². The molecule has 1 aliphatic heterocycles. The van der Waals surface area contributed by atoms with E-state index in [0.717, 1.165) is 12.1 Å². The zero-order chi connectivity index (χ0) is 18.4. The van der Waals surface area contributed by atoms with Gasteiger partial charge in [-0.3, -0.25) is 4.79 Å². The van der Waals surface area contributed by atoms with Crippen molar-refractivity contribution in [3.63, 3.8) is 0 Å². The third-order valence-corrected chi connectivity index (χ3v) is 3.68. The molecule has 9 heteroatoms. The Bertz CT molecular complexity index is 614. The van der Waals surface area contributed by atoms with Crippen molar-refractivity contribution in [2.45, 2.75) is 13.1 Å². The van der Waals surface area contributed by atoms with Crippen LogP contribution in [0.1, 0.15) is 12.5 Å². The molecule has 1 aliphatic rings. The van der Waals surface area contributed by atoms with Gasteiger partial charge in [-0.05, 0) is 25.1 Å². The number of hydrogen-bond donors (Lipinski definition) is 0. The molecule has 1 aromatic rings. The van der Waals surface area contributed by atoms with Crippen molar-refractivity contribution in [3.8, 4) is 5.75 Å². The Morgan fingerprint density at radius 2 is 1.76 bits per heavy atom. The SMILES string of the molecule is CCOC(=O)N1CCN(C(=O)COc2cccc(C(F)(F)F)c2)CC1. The van der Waals surface area contributed by atoms with E-state index in [2.05, 4.69) is 0 Å². The molecule has 138 valence electrons. The van der Waals surface area contributed by atoms with Crippen LogP contribution in [-0.2, 0) is 15.7 Å². The average Bonchev–Trinajstić information content (AvgIpc) is 2.59. The molecule has 0 aromatic heterocycles. The molecule has 1 heterocycles. The zero-order valence-corrected chi connectivity index (χ0v) is 13.7. The number of piperazine rings is 1. The number of rotatable bonds is 4. The van der Waals surface area contributed by atoms with Gasteiger partial charge in [0.2, 0.25) is 0 Å². The minimum absolute atomic E-state index is 0.0201. The number of nitrogens with zero attached hydrogens (tertiary/aromatic N) is 2. The lowest BCUT2D eigenvalue weighted by atomic mass is 10.2. The van der Waals surface area contributed by atoms with Crippen LogP contribution < -0.4 is 4.74 Å². The van der Waals surface area contributed by atoms with E-state index in [1.54, 1.807) is 6.92 Å². The van der Waals surface area contributed by atoms with Gasteiger partial charge in [0.25, 0.3) is 5.91 Å². The number of hydrogen-bond acceptors (Lipinski definition) is 4. The fourth-order valence-corrected chi connectivity index (χ4v) is 2.35. The molecule has 0 aliphatic carbocycles. The first-order chi connectivity index (χ1) is 11.8. The Hall–Kier alpha value is -2.45. The third kappa shape index (κ3) is 5.27. The van der Waals surface area contributed by atoms with E-state index in [1.165, 1.54) is 21.9 Å². The molecule has 6 nitrogen and oxygen atoms in total. The van der Waals surface area contributed by atoms with Crippen molar-refractivity contribution in [1.82, 2.24) is 9.80 Å². The Balaban J connectivity index is 1.83. The van der Waals surface area contributed by atoms with Gasteiger partial charge in [0.05, 0.1) is 12.2 Å². The molecule has 0 saturated carbocycles. The lowest BCUT2D eigenvalue weighted by Gasteiger charge is -2.33. The summed E-state index contributed by atoms with van der Waals surface area (Å²) in [4.78, 5) is 26.7. The zero-order valence-electron chi connectivity index (χ0n) is 13.7. The molecule has 2 rings (SSSR count). The highest BCUT2D eigenvalue weighted by Crippen LogP contribution is 2.31. The van der Waals surface area contributed by atoms with Crippen LogP contribution in [0.5, 0.6) is 5.75 Å². The number of carbonyl (C=O) groups excluding carboxylic acids is 2. The van der Waals surface area contributed by atoms with E-state index in [-0.39, 0.29) is 24.9 Å². The molecule has 0 unspecified atom stereocenters. The highest BCUT2D eigenvalue weighted by molar-refractivity contribution is 5.78. The number of amides is 2. The van der Waals surface area contributed by atoms with Crippen molar-refractivity contribution in [2.24, 2.45) is 0 Å². The van der Waals surface area contributed by atoms with Crippen molar-refractivity contribution < 1.29 is 32.2 Å². The predicted molar refractivity (Wildman–Crippen MR) is 82.1 cm³/mol. The fraction of sp³-hybridized carbons (Fsp3) is 0.500. The molecule has 1 saturated heterocycles. The van der Waals surface area contributed by atoms with Crippen molar-refractivity contribution in [2.75, 3.05) is 39.4 Å². The van der Waals surface area contributed by atoms with Crippen LogP contribution in [0.15, 0.2) is 24.3 Å². The summed E-state index contributed by atoms with van der Waals surface area (Å²) in [7, 11) is 0. The van der Waals surface area contributed by atoms with Crippen molar-refractivity contribution in [3.05, 3.63) is 29.8 Å². The average molecular weight is 360 g/mol. The van der Waals surface area contributed by atoms with Gasteiger partial charge in [0, 0.05) is 26.2 Å². The second-order valence-electron chi connectivity index (χ2n) is 5.38. The Morgan fingerprint density at radius 1 is 1.12 bits per heavy atom. The van der Waals surface area contributed by atoms with Gasteiger partial charge in [0.15, 0.2) is 6.61 Å². The quantitative estimate of drug-likeness (QED) is 0.827. The minimum atomic E-state index is -4.47. The molecule has 0 radical (unpaired) electrons. The molecule has 1 aromatic carbocycles. The van der Waals surface area contributed by atoms with Gasteiger partial charge in [-0.1, -0.05) is 6.07 Å². The molecular formula is C16H19F3N2O4. The van der Waals surface area contributed by atoms with Gasteiger partial charge in [-0.2, -0.15) is 13.2 Å². The summed E-state index contributed by atoms with van der Waals surface area (Å²) in [5.74, 6) is -0.366. The fourth-order valence-electron chi connectivity index (χ4n) is 2.35. The number of carbonyl (C=O) groups is 2. The van der Waals surface area contributed by atoms with Gasteiger partial charge in [-0.15, -0.1) is 0 Å². The summed E-state index contributed by atoms with van der Waals surface area (Å²) < 4.78 is 48.0. The van der Waals surface area contributed by atoms with Crippen molar-refractivity contribution >= 4 is 12.0 Å². The molecule has 1 fully saturated rings. The van der Waals surface area contributed by atoms with Crippen LogP contribution >= 0.6 is 0 Å². The van der Waals surface area contributed by atoms with E-state index < -0.39 is 17.8 Å². The van der Waals surface area contributed by atoms with E-state index >= 15 is 0 Å². The molecule has 2 amide bonds. The largest absolute Gasteiger partial charge is 0.484 e. The first kappa shape index (κ1) is 18.9. The van der Waals surface area contributed by atoms with Gasteiger partial charge in [-0.25, -0.2) is 4.79 Å². The normalized spacial score (nSPS) is 15.0. The molecule has 25 heavy (non-hydrogen) atoms. The van der Waals surface area contributed by atoms with Crippen LogP contribution in [0.25, 0.3) is 0 Å².